The Morgan fingerprint density at radius 3 is 2.44 bits per heavy atom. The number of imidazole rings is 1. The normalized spacial score (nSPS) is 10.3. The first-order valence-electron chi connectivity index (χ1n) is 4.68. The monoisotopic (exact) mass is 218 g/mol. The molecule has 1 heterocycles. The van der Waals surface area contributed by atoms with Gasteiger partial charge in [0.25, 0.3) is 0 Å². The van der Waals surface area contributed by atoms with E-state index in [2.05, 4.69) is 4.98 Å². The van der Waals surface area contributed by atoms with Gasteiger partial charge in [-0.2, -0.15) is 4.73 Å². The van der Waals surface area contributed by atoms with E-state index in [1.807, 2.05) is 6.07 Å². The Morgan fingerprint density at radius 1 is 1.31 bits per heavy atom. The third-order valence-corrected chi connectivity index (χ3v) is 2.26. The summed E-state index contributed by atoms with van der Waals surface area (Å²) in [6, 6.07) is 8.92. The van der Waals surface area contributed by atoms with Gasteiger partial charge in [0.2, 0.25) is 0 Å². The second-order valence-electron chi connectivity index (χ2n) is 3.35. The molecule has 0 aliphatic heterocycles. The summed E-state index contributed by atoms with van der Waals surface area (Å²) in [5.74, 6) is -0.967. The summed E-state index contributed by atoms with van der Waals surface area (Å²) in [6.07, 6.45) is 0. The summed E-state index contributed by atoms with van der Waals surface area (Å²) >= 11 is 0. The van der Waals surface area contributed by atoms with Crippen LogP contribution >= 0.6 is 0 Å². The summed E-state index contributed by atoms with van der Waals surface area (Å²) in [5, 5.41) is 18.6. The molecule has 1 aromatic carbocycles. The highest BCUT2D eigenvalue weighted by Gasteiger charge is 2.20. The van der Waals surface area contributed by atoms with Crippen LogP contribution in [0.25, 0.3) is 11.4 Å². The quantitative estimate of drug-likeness (QED) is 0.753. The summed E-state index contributed by atoms with van der Waals surface area (Å²) < 4.78 is 0.604. The predicted molar refractivity (Wildman–Crippen MR) is 56.5 cm³/mol. The predicted octanol–water partition coefficient (Wildman–Crippen LogP) is 1.79. The van der Waals surface area contributed by atoms with Gasteiger partial charge in [-0.1, -0.05) is 30.3 Å². The summed E-state index contributed by atoms with van der Waals surface area (Å²) in [5.41, 5.74) is 0.744. The van der Waals surface area contributed by atoms with Gasteiger partial charge < -0.3 is 10.3 Å². The van der Waals surface area contributed by atoms with Crippen LogP contribution in [0.15, 0.2) is 30.3 Å². The molecule has 0 saturated heterocycles. The second-order valence-corrected chi connectivity index (χ2v) is 3.35. The smallest absolute Gasteiger partial charge is 0.357 e. The van der Waals surface area contributed by atoms with Crippen molar-refractivity contribution in [2.45, 2.75) is 6.92 Å². The Bertz CT molecular complexity index is 532. The molecule has 2 aromatic rings. The first kappa shape index (κ1) is 10.2. The van der Waals surface area contributed by atoms with Crippen LogP contribution in [0.3, 0.4) is 0 Å². The number of aromatic carboxylic acids is 1. The number of aromatic nitrogens is 2. The molecule has 0 aliphatic rings. The lowest BCUT2D eigenvalue weighted by Crippen LogP contribution is -2.07. The number of nitrogens with zero attached hydrogens (tertiary/aromatic N) is 2. The fraction of sp³-hybridized carbons (Fsp3) is 0.0909. The number of hydrogen-bond donors (Lipinski definition) is 2. The zero-order valence-corrected chi connectivity index (χ0v) is 8.58. The molecule has 0 aliphatic carbocycles. The Labute approximate surface area is 91.6 Å². The van der Waals surface area contributed by atoms with Crippen molar-refractivity contribution in [3.8, 4) is 11.4 Å². The lowest BCUT2D eigenvalue weighted by molar-refractivity contribution is 0.0645. The van der Waals surface area contributed by atoms with Crippen LogP contribution in [0, 0.1) is 6.92 Å². The van der Waals surface area contributed by atoms with Crippen LogP contribution in [0.4, 0.5) is 0 Å². The van der Waals surface area contributed by atoms with E-state index in [4.69, 9.17) is 5.11 Å². The fourth-order valence-corrected chi connectivity index (χ4v) is 1.54. The van der Waals surface area contributed by atoms with Crippen LogP contribution in [-0.2, 0) is 0 Å². The maximum Gasteiger partial charge on any atom is 0.357 e. The summed E-state index contributed by atoms with van der Waals surface area (Å²) in [7, 11) is 0. The van der Waals surface area contributed by atoms with Gasteiger partial charge in [0, 0.05) is 5.56 Å². The molecule has 2 rings (SSSR count). The molecule has 0 amide bonds. The van der Waals surface area contributed by atoms with Crippen molar-refractivity contribution in [1.82, 2.24) is 9.71 Å². The van der Waals surface area contributed by atoms with Gasteiger partial charge in [0.05, 0.1) is 5.69 Å². The first-order valence-corrected chi connectivity index (χ1v) is 4.68. The van der Waals surface area contributed by atoms with Gasteiger partial charge in [0.1, 0.15) is 0 Å². The van der Waals surface area contributed by atoms with Crippen molar-refractivity contribution >= 4 is 5.97 Å². The molecule has 0 bridgehead atoms. The number of benzene rings is 1. The Hall–Kier alpha value is -2.30. The minimum atomic E-state index is -1.20. The topological polar surface area (TPSA) is 75.3 Å². The fourth-order valence-electron chi connectivity index (χ4n) is 1.54. The van der Waals surface area contributed by atoms with Crippen molar-refractivity contribution in [3.05, 3.63) is 41.7 Å². The number of hydrogen-bond acceptors (Lipinski definition) is 3. The van der Waals surface area contributed by atoms with Gasteiger partial charge in [-0.25, -0.2) is 9.78 Å². The minimum absolute atomic E-state index is 0.209. The third kappa shape index (κ3) is 1.52. The third-order valence-electron chi connectivity index (χ3n) is 2.26. The Kier molecular flexibility index (Phi) is 2.36. The second kappa shape index (κ2) is 3.69. The van der Waals surface area contributed by atoms with Gasteiger partial charge in [-0.15, -0.1) is 0 Å². The van der Waals surface area contributed by atoms with Crippen molar-refractivity contribution in [1.29, 1.82) is 0 Å². The van der Waals surface area contributed by atoms with Crippen LogP contribution in [-0.4, -0.2) is 26.0 Å². The van der Waals surface area contributed by atoms with Crippen LogP contribution < -0.4 is 0 Å². The number of aryl methyl sites for hydroxylation is 1. The zero-order valence-electron chi connectivity index (χ0n) is 8.58. The maximum atomic E-state index is 10.9. The molecule has 5 heteroatoms. The molecule has 0 atom stereocenters. The standard InChI is InChI=1S/C11H10N2O3/c1-7-9(11(14)15)13(16)10(12-7)8-5-3-2-4-6-8/h2-6,16H,1H3,(H,14,15). The number of rotatable bonds is 2. The molecule has 0 unspecified atom stereocenters. The van der Waals surface area contributed by atoms with Crippen LogP contribution in [0.5, 0.6) is 0 Å². The summed E-state index contributed by atoms with van der Waals surface area (Å²) in [6.45, 7) is 1.54. The molecule has 0 spiro atoms. The average molecular weight is 218 g/mol. The van der Waals surface area contributed by atoms with Gasteiger partial charge in [-0.05, 0) is 6.92 Å². The minimum Gasteiger partial charge on any atom is -0.476 e. The van der Waals surface area contributed by atoms with Gasteiger partial charge in [-0.3, -0.25) is 0 Å². The highest BCUT2D eigenvalue weighted by molar-refractivity contribution is 5.87. The van der Waals surface area contributed by atoms with Gasteiger partial charge >= 0.3 is 5.97 Å². The zero-order chi connectivity index (χ0) is 11.7. The van der Waals surface area contributed by atoms with E-state index in [1.54, 1.807) is 31.2 Å². The molecule has 0 fully saturated rings. The average Bonchev–Trinajstić information content (AvgIpc) is 2.55. The lowest BCUT2D eigenvalue weighted by atomic mass is 10.2. The Balaban J connectivity index is 2.61. The van der Waals surface area contributed by atoms with Crippen molar-refractivity contribution in [2.24, 2.45) is 0 Å². The highest BCUT2D eigenvalue weighted by atomic mass is 16.5. The maximum absolute atomic E-state index is 10.9. The Morgan fingerprint density at radius 2 is 1.94 bits per heavy atom. The number of carbonyl (C=O) groups is 1. The molecular weight excluding hydrogens is 208 g/mol. The van der Waals surface area contributed by atoms with Crippen molar-refractivity contribution in [2.75, 3.05) is 0 Å². The summed E-state index contributed by atoms with van der Waals surface area (Å²) in [4.78, 5) is 14.9. The molecule has 0 saturated carbocycles. The van der Waals surface area contributed by atoms with Crippen molar-refractivity contribution < 1.29 is 15.1 Å². The van der Waals surface area contributed by atoms with E-state index in [0.29, 0.717) is 10.3 Å². The van der Waals surface area contributed by atoms with E-state index in [1.165, 1.54) is 0 Å². The molecule has 0 radical (unpaired) electrons. The molecule has 2 N–H and O–H groups in total. The SMILES string of the molecule is Cc1nc(-c2ccccc2)n(O)c1C(=O)O. The molecule has 5 nitrogen and oxygen atoms in total. The molecule has 1 aromatic heterocycles. The lowest BCUT2D eigenvalue weighted by Gasteiger charge is -2.00. The molecule has 82 valence electrons. The molecular formula is C11H10N2O3. The van der Waals surface area contributed by atoms with Crippen LogP contribution in [0.2, 0.25) is 0 Å². The highest BCUT2D eigenvalue weighted by Crippen LogP contribution is 2.20. The largest absolute Gasteiger partial charge is 0.476 e. The number of carboxylic acids is 1. The number of carboxylic acid groups (broad SMARTS) is 1. The van der Waals surface area contributed by atoms with E-state index in [9.17, 15) is 10.0 Å². The van der Waals surface area contributed by atoms with Gasteiger partial charge in [0.15, 0.2) is 11.5 Å². The van der Waals surface area contributed by atoms with Crippen molar-refractivity contribution in [3.63, 3.8) is 0 Å². The van der Waals surface area contributed by atoms with E-state index in [0.717, 1.165) is 0 Å². The van der Waals surface area contributed by atoms with Crippen LogP contribution in [0.1, 0.15) is 16.2 Å². The van der Waals surface area contributed by atoms with E-state index in [-0.39, 0.29) is 17.2 Å². The van der Waals surface area contributed by atoms with E-state index >= 15 is 0 Å². The molecule has 16 heavy (non-hydrogen) atoms. The first-order chi connectivity index (χ1) is 7.61. The van der Waals surface area contributed by atoms with E-state index < -0.39 is 5.97 Å².